The van der Waals surface area contributed by atoms with Gasteiger partial charge in [-0.2, -0.15) is 0 Å². The van der Waals surface area contributed by atoms with E-state index in [1.54, 1.807) is 13.2 Å². The minimum atomic E-state index is -0.546. The normalized spacial score (nSPS) is 10.7. The minimum Gasteiger partial charge on any atom is -0.496 e. The number of hydrogen-bond donors (Lipinski definition) is 2. The van der Waals surface area contributed by atoms with Gasteiger partial charge in [-0.3, -0.25) is 9.59 Å². The second-order valence-electron chi connectivity index (χ2n) is 4.92. The third-order valence-electron chi connectivity index (χ3n) is 3.42. The van der Waals surface area contributed by atoms with Gasteiger partial charge in [0.1, 0.15) is 10.8 Å². The maximum absolute atomic E-state index is 12.1. The molecule has 0 saturated heterocycles. The highest BCUT2D eigenvalue weighted by Crippen LogP contribution is 2.32. The molecule has 2 aromatic rings. The number of ether oxygens (including phenoxy) is 1. The largest absolute Gasteiger partial charge is 0.496 e. The molecule has 0 bridgehead atoms. The predicted octanol–water partition coefficient (Wildman–Crippen LogP) is 3.12. The van der Waals surface area contributed by atoms with Crippen LogP contribution in [0.5, 0.6) is 5.75 Å². The first-order valence-electron chi connectivity index (χ1n) is 6.96. The number of thiophene rings is 1. The van der Waals surface area contributed by atoms with E-state index in [-0.39, 0.29) is 5.91 Å². The van der Waals surface area contributed by atoms with Crippen molar-refractivity contribution in [3.63, 3.8) is 0 Å². The Morgan fingerprint density at radius 2 is 1.96 bits per heavy atom. The van der Waals surface area contributed by atoms with E-state index < -0.39 is 5.91 Å². The molecule has 0 aliphatic rings. The SMILES string of the molecule is COc1ccccc1C=CC(=O)Nc1sc(C)c(C)c1C(N)=O. The number of nitrogens with one attached hydrogen (secondary N) is 1. The summed E-state index contributed by atoms with van der Waals surface area (Å²) >= 11 is 1.34. The molecule has 0 saturated carbocycles. The van der Waals surface area contributed by atoms with Crippen LogP contribution in [0.15, 0.2) is 30.3 Å². The molecule has 3 N–H and O–H groups in total. The number of rotatable bonds is 5. The average Bonchev–Trinajstić information content (AvgIpc) is 2.79. The third-order valence-corrected chi connectivity index (χ3v) is 4.54. The Bertz CT molecular complexity index is 778. The molecule has 5 nitrogen and oxygen atoms in total. The fourth-order valence-corrected chi connectivity index (χ4v) is 3.20. The molecule has 0 aliphatic carbocycles. The Kier molecular flexibility index (Phi) is 5.18. The van der Waals surface area contributed by atoms with Crippen molar-refractivity contribution in [1.29, 1.82) is 0 Å². The second kappa shape index (κ2) is 7.11. The van der Waals surface area contributed by atoms with Crippen LogP contribution in [0.4, 0.5) is 5.00 Å². The van der Waals surface area contributed by atoms with Crippen molar-refractivity contribution >= 4 is 34.2 Å². The van der Waals surface area contributed by atoms with Crippen molar-refractivity contribution in [2.24, 2.45) is 5.73 Å². The Labute approximate surface area is 138 Å². The predicted molar refractivity (Wildman–Crippen MR) is 93.0 cm³/mol. The molecule has 0 unspecified atom stereocenters. The summed E-state index contributed by atoms with van der Waals surface area (Å²) in [6, 6.07) is 7.37. The number of aryl methyl sites for hydroxylation is 1. The third kappa shape index (κ3) is 3.78. The fraction of sp³-hybridized carbons (Fsp3) is 0.176. The average molecular weight is 330 g/mol. The van der Waals surface area contributed by atoms with Crippen LogP contribution in [-0.2, 0) is 4.79 Å². The van der Waals surface area contributed by atoms with Gasteiger partial charge in [0.15, 0.2) is 0 Å². The zero-order valence-electron chi connectivity index (χ0n) is 13.2. The maximum atomic E-state index is 12.1. The van der Waals surface area contributed by atoms with Gasteiger partial charge in [-0.25, -0.2) is 0 Å². The highest BCUT2D eigenvalue weighted by atomic mass is 32.1. The summed E-state index contributed by atoms with van der Waals surface area (Å²) in [7, 11) is 1.57. The summed E-state index contributed by atoms with van der Waals surface area (Å²) in [5, 5.41) is 3.19. The number of carbonyl (C=O) groups is 2. The Morgan fingerprint density at radius 3 is 2.61 bits per heavy atom. The van der Waals surface area contributed by atoms with Gasteiger partial charge in [-0.15, -0.1) is 11.3 Å². The summed E-state index contributed by atoms with van der Waals surface area (Å²) in [4.78, 5) is 24.6. The summed E-state index contributed by atoms with van der Waals surface area (Å²) in [6.45, 7) is 3.69. The minimum absolute atomic E-state index is 0.334. The lowest BCUT2D eigenvalue weighted by atomic mass is 10.1. The van der Waals surface area contributed by atoms with E-state index in [2.05, 4.69) is 5.32 Å². The van der Waals surface area contributed by atoms with E-state index in [1.165, 1.54) is 17.4 Å². The van der Waals surface area contributed by atoms with E-state index in [1.807, 2.05) is 38.1 Å². The Hall–Kier alpha value is -2.60. The monoisotopic (exact) mass is 330 g/mol. The molecule has 2 amide bonds. The van der Waals surface area contributed by atoms with Crippen LogP contribution < -0.4 is 15.8 Å². The van der Waals surface area contributed by atoms with E-state index in [4.69, 9.17) is 10.5 Å². The van der Waals surface area contributed by atoms with Gasteiger partial charge in [0, 0.05) is 16.5 Å². The number of anilines is 1. The van der Waals surface area contributed by atoms with Crippen molar-refractivity contribution in [2.45, 2.75) is 13.8 Å². The number of amides is 2. The first-order chi connectivity index (χ1) is 10.9. The number of para-hydroxylation sites is 1. The summed E-state index contributed by atoms with van der Waals surface area (Å²) in [6.07, 6.45) is 3.05. The molecular weight excluding hydrogens is 312 g/mol. The van der Waals surface area contributed by atoms with Crippen LogP contribution in [0, 0.1) is 13.8 Å². The molecule has 23 heavy (non-hydrogen) atoms. The zero-order chi connectivity index (χ0) is 17.0. The topological polar surface area (TPSA) is 81.4 Å². The van der Waals surface area contributed by atoms with Gasteiger partial charge in [0.25, 0.3) is 5.91 Å². The molecule has 6 heteroatoms. The van der Waals surface area contributed by atoms with Crippen LogP contribution >= 0.6 is 11.3 Å². The number of benzene rings is 1. The zero-order valence-corrected chi connectivity index (χ0v) is 14.0. The number of hydrogen-bond acceptors (Lipinski definition) is 4. The van der Waals surface area contributed by atoms with Crippen LogP contribution in [0.1, 0.15) is 26.4 Å². The second-order valence-corrected chi connectivity index (χ2v) is 6.14. The van der Waals surface area contributed by atoms with Crippen molar-refractivity contribution < 1.29 is 14.3 Å². The Balaban J connectivity index is 2.19. The van der Waals surface area contributed by atoms with Crippen molar-refractivity contribution in [1.82, 2.24) is 0 Å². The van der Waals surface area contributed by atoms with Crippen molar-refractivity contribution in [3.05, 3.63) is 51.9 Å². The molecule has 0 aliphatic heterocycles. The molecule has 1 heterocycles. The van der Waals surface area contributed by atoms with Crippen molar-refractivity contribution in [2.75, 3.05) is 12.4 Å². The molecule has 2 rings (SSSR count). The molecule has 0 radical (unpaired) electrons. The quantitative estimate of drug-likeness (QED) is 0.826. The standard InChI is InChI=1S/C17H18N2O3S/c1-10-11(2)23-17(15(10)16(18)21)19-14(20)9-8-12-6-4-5-7-13(12)22-3/h4-9H,1-3H3,(H2,18,21)(H,19,20). The number of methoxy groups -OCH3 is 1. The van der Waals surface area contributed by atoms with Crippen LogP contribution in [0.3, 0.4) is 0 Å². The lowest BCUT2D eigenvalue weighted by molar-refractivity contribution is -0.111. The number of primary amides is 1. The molecule has 0 spiro atoms. The van der Waals surface area contributed by atoms with E-state index in [0.717, 1.165) is 16.0 Å². The van der Waals surface area contributed by atoms with Gasteiger partial charge in [0.05, 0.1) is 12.7 Å². The first-order valence-corrected chi connectivity index (χ1v) is 7.77. The lowest BCUT2D eigenvalue weighted by Gasteiger charge is -2.04. The molecule has 0 fully saturated rings. The molecule has 1 aromatic carbocycles. The fourth-order valence-electron chi connectivity index (χ4n) is 2.13. The maximum Gasteiger partial charge on any atom is 0.251 e. The highest BCUT2D eigenvalue weighted by molar-refractivity contribution is 7.16. The van der Waals surface area contributed by atoms with E-state index in [0.29, 0.717) is 16.3 Å². The van der Waals surface area contributed by atoms with Gasteiger partial charge in [-0.1, -0.05) is 18.2 Å². The van der Waals surface area contributed by atoms with Gasteiger partial charge in [0.2, 0.25) is 5.91 Å². The molecule has 120 valence electrons. The van der Waals surface area contributed by atoms with E-state index >= 15 is 0 Å². The van der Waals surface area contributed by atoms with Gasteiger partial charge < -0.3 is 15.8 Å². The van der Waals surface area contributed by atoms with Crippen molar-refractivity contribution in [3.8, 4) is 5.75 Å². The Morgan fingerprint density at radius 1 is 1.26 bits per heavy atom. The first kappa shape index (κ1) is 16.8. The summed E-state index contributed by atoms with van der Waals surface area (Å²) in [5.41, 5.74) is 7.34. The number of nitrogens with two attached hydrogens (primary N) is 1. The smallest absolute Gasteiger partial charge is 0.251 e. The van der Waals surface area contributed by atoms with E-state index in [9.17, 15) is 9.59 Å². The van der Waals surface area contributed by atoms with Gasteiger partial charge in [-0.05, 0) is 31.6 Å². The van der Waals surface area contributed by atoms with Crippen LogP contribution in [0.2, 0.25) is 0 Å². The van der Waals surface area contributed by atoms with Crippen LogP contribution in [-0.4, -0.2) is 18.9 Å². The molecule has 0 atom stereocenters. The highest BCUT2D eigenvalue weighted by Gasteiger charge is 2.18. The lowest BCUT2D eigenvalue weighted by Crippen LogP contribution is -2.16. The van der Waals surface area contributed by atoms with Gasteiger partial charge >= 0.3 is 0 Å². The van der Waals surface area contributed by atoms with Crippen LogP contribution in [0.25, 0.3) is 6.08 Å². The number of carbonyl (C=O) groups excluding carboxylic acids is 2. The summed E-state index contributed by atoms with van der Waals surface area (Å²) in [5.74, 6) is -0.201. The molecular formula is C17H18N2O3S. The summed E-state index contributed by atoms with van der Waals surface area (Å²) < 4.78 is 5.22. The molecule has 1 aromatic heterocycles.